The van der Waals surface area contributed by atoms with Crippen LogP contribution in [-0.2, 0) is 10.4 Å². The Labute approximate surface area is 223 Å². The highest BCUT2D eigenvalue weighted by Crippen LogP contribution is 2.42. The third kappa shape index (κ3) is 7.54. The number of nitrogens with one attached hydrogen (secondary N) is 1. The van der Waals surface area contributed by atoms with E-state index in [1.54, 1.807) is 6.92 Å². The van der Waals surface area contributed by atoms with Gasteiger partial charge in [-0.25, -0.2) is 38.5 Å². The number of carboxylic acids is 1. The van der Waals surface area contributed by atoms with Crippen molar-refractivity contribution in [3.8, 4) is 11.3 Å². The second-order valence-corrected chi connectivity index (χ2v) is 8.90. The molecule has 3 N–H and O–H groups in total. The zero-order valence-electron chi connectivity index (χ0n) is 21.6. The lowest BCUT2D eigenvalue weighted by Gasteiger charge is -2.38. The Balaban J connectivity index is 0.000000459. The SMILES string of the molecule is CCCCCC(=O)O.C[C@@H](c1ncncc1F)[C@](O)(CN1C=NCN1)c1ccc(F)cc1-c1ncncc1F. The van der Waals surface area contributed by atoms with Crippen LogP contribution in [0.3, 0.4) is 0 Å². The maximum atomic E-state index is 14.5. The largest absolute Gasteiger partial charge is 0.481 e. The zero-order chi connectivity index (χ0) is 28.4. The summed E-state index contributed by atoms with van der Waals surface area (Å²) in [4.78, 5) is 29.1. The predicted molar refractivity (Wildman–Crippen MR) is 137 cm³/mol. The van der Waals surface area contributed by atoms with E-state index in [0.29, 0.717) is 13.1 Å². The molecule has 0 fully saturated rings. The Morgan fingerprint density at radius 2 is 1.85 bits per heavy atom. The maximum absolute atomic E-state index is 14.5. The summed E-state index contributed by atoms with van der Waals surface area (Å²) >= 11 is 0. The molecule has 39 heavy (non-hydrogen) atoms. The molecule has 0 radical (unpaired) electrons. The Hall–Kier alpha value is -3.97. The van der Waals surface area contributed by atoms with Gasteiger partial charge in [0.25, 0.3) is 0 Å². The number of aliphatic hydroxyl groups is 1. The smallest absolute Gasteiger partial charge is 0.303 e. The average molecular weight is 546 g/mol. The quantitative estimate of drug-likeness (QED) is 0.325. The fourth-order valence-corrected chi connectivity index (χ4v) is 4.12. The van der Waals surface area contributed by atoms with Crippen LogP contribution in [-0.4, -0.2) is 60.7 Å². The molecular weight excluding hydrogens is 515 g/mol. The Morgan fingerprint density at radius 1 is 1.13 bits per heavy atom. The molecule has 3 heterocycles. The number of aliphatic imine (C=N–C) groups is 1. The minimum absolute atomic E-state index is 0.0138. The van der Waals surface area contributed by atoms with E-state index >= 15 is 0 Å². The van der Waals surface area contributed by atoms with Gasteiger partial charge in [0, 0.05) is 17.9 Å². The highest BCUT2D eigenvalue weighted by Gasteiger charge is 2.43. The van der Waals surface area contributed by atoms with Gasteiger partial charge in [0.2, 0.25) is 0 Å². The van der Waals surface area contributed by atoms with Gasteiger partial charge in [-0.05, 0) is 24.1 Å². The number of hydrogen-bond acceptors (Lipinski definition) is 9. The van der Waals surface area contributed by atoms with E-state index in [1.165, 1.54) is 23.7 Å². The second-order valence-electron chi connectivity index (χ2n) is 8.90. The first-order valence-electron chi connectivity index (χ1n) is 12.3. The van der Waals surface area contributed by atoms with Crippen LogP contribution in [0.25, 0.3) is 11.3 Å². The van der Waals surface area contributed by atoms with Gasteiger partial charge in [-0.1, -0.05) is 32.8 Å². The highest BCUT2D eigenvalue weighted by molar-refractivity contribution is 5.67. The summed E-state index contributed by atoms with van der Waals surface area (Å²) in [6.45, 7) is 3.81. The van der Waals surface area contributed by atoms with Crippen molar-refractivity contribution in [2.45, 2.75) is 51.0 Å². The van der Waals surface area contributed by atoms with Crippen molar-refractivity contribution in [2.24, 2.45) is 4.99 Å². The Bertz CT molecular complexity index is 1300. The normalized spacial score (nSPS) is 14.9. The lowest BCUT2D eigenvalue weighted by molar-refractivity contribution is -0.137. The van der Waals surface area contributed by atoms with Crippen molar-refractivity contribution in [3.63, 3.8) is 0 Å². The van der Waals surface area contributed by atoms with Gasteiger partial charge in [0.05, 0.1) is 24.6 Å². The van der Waals surface area contributed by atoms with Crippen LogP contribution >= 0.6 is 0 Å². The van der Waals surface area contributed by atoms with Crippen molar-refractivity contribution in [2.75, 3.05) is 13.2 Å². The molecule has 13 heteroatoms. The monoisotopic (exact) mass is 545 g/mol. The van der Waals surface area contributed by atoms with E-state index < -0.39 is 34.9 Å². The van der Waals surface area contributed by atoms with Crippen LogP contribution in [0.15, 0.2) is 48.2 Å². The number of rotatable bonds is 10. The number of nitrogens with zero attached hydrogens (tertiary/aromatic N) is 6. The molecule has 1 aliphatic heterocycles. The summed E-state index contributed by atoms with van der Waals surface area (Å²) < 4.78 is 43.2. The van der Waals surface area contributed by atoms with E-state index in [0.717, 1.165) is 50.1 Å². The summed E-state index contributed by atoms with van der Waals surface area (Å²) in [5.74, 6) is -3.79. The Morgan fingerprint density at radius 3 is 2.46 bits per heavy atom. The van der Waals surface area contributed by atoms with Crippen molar-refractivity contribution in [3.05, 3.63) is 72.0 Å². The summed E-state index contributed by atoms with van der Waals surface area (Å²) in [6, 6.07) is 3.53. The number of aliphatic carboxylic acids is 1. The fraction of sp³-hybridized carbons (Fsp3) is 0.385. The molecule has 1 aliphatic rings. The Kier molecular flexibility index (Phi) is 10.4. The molecule has 10 nitrogen and oxygen atoms in total. The molecule has 0 aliphatic carbocycles. The number of halogens is 3. The van der Waals surface area contributed by atoms with Crippen LogP contribution in [0.2, 0.25) is 0 Å². The topological polar surface area (TPSA) is 137 Å². The first-order valence-corrected chi connectivity index (χ1v) is 12.3. The van der Waals surface area contributed by atoms with Crippen molar-refractivity contribution in [1.82, 2.24) is 30.4 Å². The lowest BCUT2D eigenvalue weighted by atomic mass is 9.77. The van der Waals surface area contributed by atoms with Crippen LogP contribution < -0.4 is 5.43 Å². The molecule has 0 bridgehead atoms. The van der Waals surface area contributed by atoms with Crippen LogP contribution in [0, 0.1) is 17.5 Å². The van der Waals surface area contributed by atoms with Gasteiger partial charge in [-0.3, -0.25) is 14.8 Å². The van der Waals surface area contributed by atoms with E-state index in [1.807, 2.05) is 0 Å². The fourth-order valence-electron chi connectivity index (χ4n) is 4.12. The molecule has 0 saturated carbocycles. The molecule has 0 spiro atoms. The molecule has 0 saturated heterocycles. The molecule has 2 aromatic heterocycles. The number of carboxylic acid groups (broad SMARTS) is 1. The molecule has 2 atom stereocenters. The van der Waals surface area contributed by atoms with Crippen LogP contribution in [0.5, 0.6) is 0 Å². The predicted octanol–water partition coefficient (Wildman–Crippen LogP) is 3.80. The van der Waals surface area contributed by atoms with Gasteiger partial charge in [-0.2, -0.15) is 0 Å². The van der Waals surface area contributed by atoms with Crippen molar-refractivity contribution in [1.29, 1.82) is 0 Å². The molecular formula is C26H30F3N7O3. The van der Waals surface area contributed by atoms with E-state index in [9.17, 15) is 23.1 Å². The number of hydrazine groups is 1. The van der Waals surface area contributed by atoms with Crippen LogP contribution in [0.1, 0.15) is 56.7 Å². The third-order valence-corrected chi connectivity index (χ3v) is 6.19. The average Bonchev–Trinajstić information content (AvgIpc) is 3.42. The van der Waals surface area contributed by atoms with E-state index in [2.05, 4.69) is 37.3 Å². The molecule has 3 aromatic rings. The standard InChI is InChI=1S/C20H18F3N7O.C6H12O2/c1-12(18-16(22)5-24-8-27-18)20(31,7-30-11-26-10-29-30)15-3-2-13(21)4-14(15)19-17(23)6-25-9-28-19;1-2-3-4-5-6(7)8/h2-6,8-9,11-12,29,31H,7,10H2,1H3;2-5H2,1H3,(H,7,8)/t12-,20+;/m0./s1. The number of β-amino-alcohol motifs (C(OH)–C–C–N with tert-alkyl or cyclic N) is 1. The number of carbonyl (C=O) groups is 1. The summed E-state index contributed by atoms with van der Waals surface area (Å²) in [6.07, 6.45) is 8.97. The van der Waals surface area contributed by atoms with Gasteiger partial charge in [0.15, 0.2) is 11.6 Å². The second kappa shape index (κ2) is 13.7. The molecule has 1 aromatic carbocycles. The van der Waals surface area contributed by atoms with Crippen LogP contribution in [0.4, 0.5) is 13.2 Å². The van der Waals surface area contributed by atoms with Gasteiger partial charge >= 0.3 is 5.97 Å². The first-order chi connectivity index (χ1) is 18.7. The van der Waals surface area contributed by atoms with Gasteiger partial charge in [0.1, 0.15) is 42.8 Å². The van der Waals surface area contributed by atoms with Gasteiger partial charge in [-0.15, -0.1) is 0 Å². The molecule has 4 rings (SSSR count). The highest BCUT2D eigenvalue weighted by atomic mass is 19.1. The zero-order valence-corrected chi connectivity index (χ0v) is 21.6. The number of unbranched alkanes of at least 4 members (excludes halogenated alkanes) is 2. The number of benzene rings is 1. The number of aromatic nitrogens is 4. The van der Waals surface area contributed by atoms with Crippen molar-refractivity contribution < 1.29 is 28.2 Å². The van der Waals surface area contributed by atoms with Gasteiger partial charge < -0.3 is 10.2 Å². The number of hydrogen-bond donors (Lipinski definition) is 3. The summed E-state index contributed by atoms with van der Waals surface area (Å²) in [7, 11) is 0. The summed E-state index contributed by atoms with van der Waals surface area (Å²) in [5.41, 5.74) is 0.983. The molecule has 0 unspecified atom stereocenters. The lowest BCUT2D eigenvalue weighted by Crippen LogP contribution is -2.47. The minimum Gasteiger partial charge on any atom is -0.481 e. The minimum atomic E-state index is -1.86. The molecule has 0 amide bonds. The third-order valence-electron chi connectivity index (χ3n) is 6.19. The first kappa shape index (κ1) is 29.6. The summed E-state index contributed by atoms with van der Waals surface area (Å²) in [5, 5.41) is 21.6. The van der Waals surface area contributed by atoms with E-state index in [-0.39, 0.29) is 29.1 Å². The maximum Gasteiger partial charge on any atom is 0.303 e. The van der Waals surface area contributed by atoms with Crippen molar-refractivity contribution >= 4 is 12.3 Å². The molecule has 208 valence electrons. The van der Waals surface area contributed by atoms with E-state index in [4.69, 9.17) is 5.11 Å².